The van der Waals surface area contributed by atoms with Gasteiger partial charge in [-0.1, -0.05) is 31.4 Å². The maximum atomic E-state index is 13.6. The maximum Gasteiger partial charge on any atom is 0.408 e. The van der Waals surface area contributed by atoms with E-state index in [1.807, 2.05) is 6.92 Å². The highest BCUT2D eigenvalue weighted by molar-refractivity contribution is 5.98. The lowest BCUT2D eigenvalue weighted by Crippen LogP contribution is -2.46. The van der Waals surface area contributed by atoms with Crippen LogP contribution < -0.4 is 15.4 Å². The first kappa shape index (κ1) is 28.2. The number of alkyl carbamates (subject to hydrolysis) is 1. The van der Waals surface area contributed by atoms with Crippen LogP contribution >= 0.6 is 0 Å². The third-order valence-electron chi connectivity index (χ3n) is 5.17. The Morgan fingerprint density at radius 3 is 2.22 bits per heavy atom. The normalized spacial score (nSPS) is 11.6. The number of carbonyl (C=O) groups is 3. The number of nitrogens with zero attached hydrogens (tertiary/aromatic N) is 1. The summed E-state index contributed by atoms with van der Waals surface area (Å²) in [6.07, 6.45) is 6.27. The van der Waals surface area contributed by atoms with E-state index >= 15 is 0 Å². The van der Waals surface area contributed by atoms with Gasteiger partial charge in [0.15, 0.2) is 0 Å². The Labute approximate surface area is 213 Å². The summed E-state index contributed by atoms with van der Waals surface area (Å²) in [5.74, 6) is 2.41. The quantitative estimate of drug-likeness (QED) is 0.475. The van der Waals surface area contributed by atoms with Crippen LogP contribution in [0.15, 0.2) is 48.5 Å². The summed E-state index contributed by atoms with van der Waals surface area (Å²) in [5.41, 5.74) is 1.11. The number of carbonyl (C=O) groups excluding carboxylic acids is 3. The van der Waals surface area contributed by atoms with Crippen molar-refractivity contribution in [3.63, 3.8) is 0 Å². The summed E-state index contributed by atoms with van der Waals surface area (Å²) < 4.78 is 10.4. The molecule has 0 aliphatic rings. The second-order valence-electron chi connectivity index (χ2n) is 9.18. The molecular weight excluding hydrogens is 458 g/mol. The molecule has 1 atom stereocenters. The van der Waals surface area contributed by atoms with Crippen molar-refractivity contribution >= 4 is 23.6 Å². The lowest BCUT2D eigenvalue weighted by atomic mass is 10.0. The van der Waals surface area contributed by atoms with E-state index in [0.717, 1.165) is 6.42 Å². The molecule has 0 fully saturated rings. The van der Waals surface area contributed by atoms with Gasteiger partial charge in [-0.3, -0.25) is 9.59 Å². The largest absolute Gasteiger partial charge is 0.497 e. The first-order valence-electron chi connectivity index (χ1n) is 11.9. The van der Waals surface area contributed by atoms with Gasteiger partial charge in [0.25, 0.3) is 5.91 Å². The van der Waals surface area contributed by atoms with Gasteiger partial charge >= 0.3 is 6.09 Å². The van der Waals surface area contributed by atoms with E-state index in [2.05, 4.69) is 16.6 Å². The van der Waals surface area contributed by atoms with Crippen molar-refractivity contribution in [1.82, 2.24) is 10.2 Å². The smallest absolute Gasteiger partial charge is 0.408 e. The molecule has 3 amide bonds. The summed E-state index contributed by atoms with van der Waals surface area (Å²) >= 11 is 0. The second kappa shape index (κ2) is 13.2. The number of anilines is 1. The fourth-order valence-corrected chi connectivity index (χ4v) is 3.41. The van der Waals surface area contributed by atoms with Gasteiger partial charge in [0.2, 0.25) is 5.91 Å². The van der Waals surface area contributed by atoms with Crippen molar-refractivity contribution in [2.24, 2.45) is 0 Å². The molecule has 0 radical (unpaired) electrons. The predicted molar refractivity (Wildman–Crippen MR) is 140 cm³/mol. The van der Waals surface area contributed by atoms with E-state index < -0.39 is 29.6 Å². The minimum Gasteiger partial charge on any atom is -0.497 e. The lowest BCUT2D eigenvalue weighted by Gasteiger charge is -2.32. The molecule has 0 saturated heterocycles. The number of amides is 3. The van der Waals surface area contributed by atoms with Crippen LogP contribution in [0.4, 0.5) is 10.5 Å². The molecule has 0 saturated carbocycles. The number of nitrogens with one attached hydrogen (secondary N) is 2. The number of rotatable bonds is 10. The van der Waals surface area contributed by atoms with Crippen LogP contribution in [0, 0.1) is 12.3 Å². The zero-order valence-electron chi connectivity index (χ0n) is 21.6. The lowest BCUT2D eigenvalue weighted by molar-refractivity contribution is -0.138. The Morgan fingerprint density at radius 2 is 1.69 bits per heavy atom. The van der Waals surface area contributed by atoms with E-state index in [1.165, 1.54) is 4.90 Å². The molecule has 2 rings (SSSR count). The molecule has 0 spiro atoms. The Morgan fingerprint density at radius 1 is 1.06 bits per heavy atom. The average Bonchev–Trinajstić information content (AvgIpc) is 2.84. The Kier molecular flexibility index (Phi) is 10.4. The summed E-state index contributed by atoms with van der Waals surface area (Å²) in [6, 6.07) is 12.9. The number of methoxy groups -OCH3 is 1. The Balaban J connectivity index is 2.35. The van der Waals surface area contributed by atoms with Crippen molar-refractivity contribution in [1.29, 1.82) is 0 Å². The van der Waals surface area contributed by atoms with Crippen molar-refractivity contribution < 1.29 is 23.9 Å². The van der Waals surface area contributed by atoms with Crippen LogP contribution in [0.2, 0.25) is 0 Å². The predicted octanol–water partition coefficient (Wildman–Crippen LogP) is 4.51. The van der Waals surface area contributed by atoms with E-state index in [-0.39, 0.29) is 6.54 Å². The number of terminal acetylenes is 1. The molecule has 8 nitrogen and oxygen atoms in total. The van der Waals surface area contributed by atoms with Crippen molar-refractivity contribution in [3.8, 4) is 18.1 Å². The summed E-state index contributed by atoms with van der Waals surface area (Å²) in [4.78, 5) is 40.5. The standard InChI is InChI=1S/C28H35N3O5/c1-7-9-18-31(24(32)19-29-27(34)36-28(3,4)5)25(21-12-10-20(8-2)11-13-21)26(33)30-22-14-16-23(35-6)17-15-22/h2,10-17,25H,7,9,18-19H2,1,3-6H3,(H,29,34)(H,30,33). The summed E-state index contributed by atoms with van der Waals surface area (Å²) in [7, 11) is 1.56. The number of benzene rings is 2. The molecule has 0 bridgehead atoms. The van der Waals surface area contributed by atoms with Gasteiger partial charge < -0.3 is 25.0 Å². The molecule has 0 aliphatic heterocycles. The van der Waals surface area contributed by atoms with Gasteiger partial charge in [-0.05, 0) is 69.2 Å². The molecule has 0 heterocycles. The molecule has 0 aromatic heterocycles. The van der Waals surface area contributed by atoms with Crippen LogP contribution in [0.5, 0.6) is 5.75 Å². The minimum atomic E-state index is -0.946. The molecule has 8 heteroatoms. The summed E-state index contributed by atoms with van der Waals surface area (Å²) in [6.45, 7) is 7.22. The van der Waals surface area contributed by atoms with Crippen LogP contribution in [0.1, 0.15) is 57.7 Å². The molecule has 2 aromatic rings. The monoisotopic (exact) mass is 493 g/mol. The highest BCUT2D eigenvalue weighted by atomic mass is 16.6. The van der Waals surface area contributed by atoms with E-state index in [1.54, 1.807) is 76.4 Å². The Bertz CT molecular complexity index is 1070. The topological polar surface area (TPSA) is 97.0 Å². The van der Waals surface area contributed by atoms with Crippen LogP contribution in [-0.2, 0) is 14.3 Å². The van der Waals surface area contributed by atoms with Gasteiger partial charge in [-0.15, -0.1) is 6.42 Å². The third-order valence-corrected chi connectivity index (χ3v) is 5.17. The van der Waals surface area contributed by atoms with Gasteiger partial charge in [0.1, 0.15) is 23.9 Å². The van der Waals surface area contributed by atoms with Gasteiger partial charge in [0.05, 0.1) is 7.11 Å². The third kappa shape index (κ3) is 8.66. The molecule has 2 N–H and O–H groups in total. The highest BCUT2D eigenvalue weighted by Crippen LogP contribution is 2.25. The molecule has 0 aliphatic carbocycles. The Hall–Kier alpha value is -3.99. The van der Waals surface area contributed by atoms with E-state index in [9.17, 15) is 14.4 Å². The van der Waals surface area contributed by atoms with Crippen molar-refractivity contribution in [2.45, 2.75) is 52.2 Å². The van der Waals surface area contributed by atoms with Crippen molar-refractivity contribution in [3.05, 3.63) is 59.7 Å². The van der Waals surface area contributed by atoms with Crippen LogP contribution in [0.25, 0.3) is 0 Å². The van der Waals surface area contributed by atoms with E-state index in [0.29, 0.717) is 35.5 Å². The molecule has 36 heavy (non-hydrogen) atoms. The molecule has 192 valence electrons. The molecular formula is C28H35N3O5. The van der Waals surface area contributed by atoms with Gasteiger partial charge in [-0.2, -0.15) is 0 Å². The van der Waals surface area contributed by atoms with Crippen molar-refractivity contribution in [2.75, 3.05) is 25.5 Å². The maximum absolute atomic E-state index is 13.6. The summed E-state index contributed by atoms with van der Waals surface area (Å²) in [5, 5.41) is 5.38. The number of hydrogen-bond donors (Lipinski definition) is 2. The van der Waals surface area contributed by atoms with Gasteiger partial charge in [0, 0.05) is 17.8 Å². The first-order chi connectivity index (χ1) is 17.1. The SMILES string of the molecule is C#Cc1ccc(C(C(=O)Nc2ccc(OC)cc2)N(CCCC)C(=O)CNC(=O)OC(C)(C)C)cc1. The second-order valence-corrected chi connectivity index (χ2v) is 9.18. The fourth-order valence-electron chi connectivity index (χ4n) is 3.41. The molecule has 2 aromatic carbocycles. The first-order valence-corrected chi connectivity index (χ1v) is 11.9. The van der Waals surface area contributed by atoms with Gasteiger partial charge in [-0.25, -0.2) is 4.79 Å². The average molecular weight is 494 g/mol. The minimum absolute atomic E-state index is 0.312. The highest BCUT2D eigenvalue weighted by Gasteiger charge is 2.31. The zero-order valence-corrected chi connectivity index (χ0v) is 21.6. The van der Waals surface area contributed by atoms with E-state index in [4.69, 9.17) is 15.9 Å². The van der Waals surface area contributed by atoms with Crippen LogP contribution in [-0.4, -0.2) is 48.6 Å². The zero-order chi connectivity index (χ0) is 26.7. The molecule has 1 unspecified atom stereocenters. The number of hydrogen-bond acceptors (Lipinski definition) is 5. The van der Waals surface area contributed by atoms with Crippen LogP contribution in [0.3, 0.4) is 0 Å². The fraction of sp³-hybridized carbons (Fsp3) is 0.393. The number of unbranched alkanes of at least 4 members (excludes halogenated alkanes) is 1. The number of ether oxygens (including phenoxy) is 2.